The van der Waals surface area contributed by atoms with Crippen molar-refractivity contribution in [2.45, 2.75) is 13.5 Å². The highest BCUT2D eigenvalue weighted by Gasteiger charge is 2.01. The Hall–Kier alpha value is -1.52. The van der Waals surface area contributed by atoms with Crippen LogP contribution in [0.5, 0.6) is 0 Å². The number of anilines is 1. The Labute approximate surface area is 114 Å². The summed E-state index contributed by atoms with van der Waals surface area (Å²) in [6, 6.07) is 8.44. The van der Waals surface area contributed by atoms with Gasteiger partial charge in [0.2, 0.25) is 0 Å². The van der Waals surface area contributed by atoms with Gasteiger partial charge < -0.3 is 10.3 Å². The maximum Gasteiger partial charge on any atom is 0.183 e. The molecule has 0 fully saturated rings. The van der Waals surface area contributed by atoms with Crippen molar-refractivity contribution >= 4 is 39.5 Å². The van der Waals surface area contributed by atoms with Crippen molar-refractivity contribution in [3.63, 3.8) is 0 Å². The monoisotopic (exact) mass is 277 g/mol. The van der Waals surface area contributed by atoms with E-state index in [9.17, 15) is 0 Å². The smallest absolute Gasteiger partial charge is 0.183 e. The second-order valence-corrected chi connectivity index (χ2v) is 5.88. The van der Waals surface area contributed by atoms with Gasteiger partial charge >= 0.3 is 0 Å². The molecule has 92 valence electrons. The fourth-order valence-electron chi connectivity index (χ4n) is 1.94. The molecule has 3 aromatic rings. The van der Waals surface area contributed by atoms with E-state index in [1.54, 1.807) is 6.20 Å². The highest BCUT2D eigenvalue weighted by molar-refractivity contribution is 7.15. The highest BCUT2D eigenvalue weighted by Crippen LogP contribution is 2.22. The molecule has 3 rings (SSSR count). The van der Waals surface area contributed by atoms with Gasteiger partial charge in [0.15, 0.2) is 4.47 Å². The summed E-state index contributed by atoms with van der Waals surface area (Å²) < 4.78 is 0.587. The van der Waals surface area contributed by atoms with Crippen molar-refractivity contribution in [3.05, 3.63) is 45.5 Å². The van der Waals surface area contributed by atoms with Gasteiger partial charge in [-0.15, -0.1) is 11.3 Å². The zero-order valence-electron chi connectivity index (χ0n) is 9.83. The molecule has 5 heteroatoms. The van der Waals surface area contributed by atoms with E-state index in [0.717, 1.165) is 17.1 Å². The number of benzene rings is 1. The minimum Gasteiger partial charge on any atom is -0.380 e. The number of hydrogen-bond donors (Lipinski definition) is 2. The van der Waals surface area contributed by atoms with Crippen LogP contribution in [0, 0.1) is 6.92 Å². The molecule has 2 N–H and O–H groups in total. The third-order valence-corrected chi connectivity index (χ3v) is 3.86. The van der Waals surface area contributed by atoms with E-state index in [4.69, 9.17) is 11.6 Å². The second-order valence-electron chi connectivity index (χ2n) is 4.19. The molecule has 0 aliphatic heterocycles. The van der Waals surface area contributed by atoms with E-state index in [2.05, 4.69) is 46.5 Å². The summed E-state index contributed by atoms with van der Waals surface area (Å²) in [5.74, 6) is 0. The van der Waals surface area contributed by atoms with E-state index in [1.807, 2.05) is 0 Å². The Morgan fingerprint density at radius 1 is 1.39 bits per heavy atom. The average molecular weight is 278 g/mol. The van der Waals surface area contributed by atoms with Crippen LogP contribution >= 0.6 is 22.9 Å². The van der Waals surface area contributed by atoms with Crippen LogP contribution in [0.1, 0.15) is 10.6 Å². The zero-order valence-corrected chi connectivity index (χ0v) is 11.4. The van der Waals surface area contributed by atoms with Crippen molar-refractivity contribution in [1.82, 2.24) is 9.97 Å². The first-order chi connectivity index (χ1) is 8.70. The Bertz CT molecular complexity index is 686. The summed E-state index contributed by atoms with van der Waals surface area (Å²) in [4.78, 5) is 8.46. The lowest BCUT2D eigenvalue weighted by Crippen LogP contribution is -1.96. The number of H-pyrrole nitrogens is 1. The van der Waals surface area contributed by atoms with Crippen molar-refractivity contribution in [3.8, 4) is 0 Å². The molecular weight excluding hydrogens is 266 g/mol. The molecule has 0 bridgehead atoms. The molecule has 0 unspecified atom stereocenters. The number of hydrogen-bond acceptors (Lipinski definition) is 3. The first-order valence-corrected chi connectivity index (χ1v) is 6.83. The fraction of sp³-hybridized carbons (Fsp3) is 0.154. The van der Waals surface area contributed by atoms with Crippen LogP contribution in [0.3, 0.4) is 0 Å². The minimum atomic E-state index is 0.587. The van der Waals surface area contributed by atoms with Crippen molar-refractivity contribution in [1.29, 1.82) is 0 Å². The fourth-order valence-corrected chi connectivity index (χ4v) is 2.86. The van der Waals surface area contributed by atoms with Crippen molar-refractivity contribution in [2.24, 2.45) is 0 Å². The molecule has 2 aromatic heterocycles. The summed E-state index contributed by atoms with van der Waals surface area (Å²) >= 11 is 7.30. The Morgan fingerprint density at radius 3 is 3.06 bits per heavy atom. The van der Waals surface area contributed by atoms with E-state index in [1.165, 1.54) is 27.9 Å². The maximum absolute atomic E-state index is 5.80. The number of aromatic nitrogens is 2. The molecule has 2 heterocycles. The molecule has 0 amide bonds. The van der Waals surface area contributed by atoms with Gasteiger partial charge in [0.25, 0.3) is 0 Å². The Kier molecular flexibility index (Phi) is 2.97. The van der Waals surface area contributed by atoms with E-state index >= 15 is 0 Å². The van der Waals surface area contributed by atoms with Crippen LogP contribution < -0.4 is 5.32 Å². The molecule has 0 radical (unpaired) electrons. The SMILES string of the molecule is Cc1cc2cc(NCc3cnc(Cl)s3)ccc2[nH]1. The van der Waals surface area contributed by atoms with Crippen molar-refractivity contribution < 1.29 is 0 Å². The topological polar surface area (TPSA) is 40.7 Å². The Morgan fingerprint density at radius 2 is 2.28 bits per heavy atom. The predicted octanol–water partition coefficient (Wildman–Crippen LogP) is 4.20. The van der Waals surface area contributed by atoms with Gasteiger partial charge in [-0.05, 0) is 31.2 Å². The minimum absolute atomic E-state index is 0.587. The lowest BCUT2D eigenvalue weighted by atomic mass is 10.2. The number of nitrogens with one attached hydrogen (secondary N) is 2. The molecule has 18 heavy (non-hydrogen) atoms. The van der Waals surface area contributed by atoms with Crippen molar-refractivity contribution in [2.75, 3.05) is 5.32 Å². The number of aryl methyl sites for hydroxylation is 1. The maximum atomic E-state index is 5.80. The summed E-state index contributed by atoms with van der Waals surface area (Å²) in [7, 11) is 0. The zero-order chi connectivity index (χ0) is 12.5. The quantitative estimate of drug-likeness (QED) is 0.753. The highest BCUT2D eigenvalue weighted by atomic mass is 35.5. The summed E-state index contributed by atoms with van der Waals surface area (Å²) in [6.45, 7) is 2.81. The lowest BCUT2D eigenvalue weighted by Gasteiger charge is -2.04. The van der Waals surface area contributed by atoms with Gasteiger partial charge in [-0.2, -0.15) is 0 Å². The second kappa shape index (κ2) is 4.63. The number of thiazole rings is 1. The molecule has 0 saturated heterocycles. The van der Waals surface area contributed by atoms with Gasteiger partial charge in [0, 0.05) is 33.4 Å². The number of aromatic amines is 1. The van der Waals surface area contributed by atoms with Gasteiger partial charge in [-0.3, -0.25) is 0 Å². The number of fused-ring (bicyclic) bond motifs is 1. The first kappa shape index (κ1) is 11.6. The average Bonchev–Trinajstić information content (AvgIpc) is 2.90. The standard InChI is InChI=1S/C13H12ClN3S/c1-8-4-9-5-10(2-3-12(9)17-8)15-6-11-7-16-13(14)18-11/h2-5,7,15,17H,6H2,1H3. The molecule has 0 spiro atoms. The Balaban J connectivity index is 1.78. The van der Waals surface area contributed by atoms with Crippen LogP contribution in [-0.2, 0) is 6.54 Å². The largest absolute Gasteiger partial charge is 0.380 e. The summed E-state index contributed by atoms with van der Waals surface area (Å²) in [6.07, 6.45) is 1.80. The normalized spacial score (nSPS) is 11.0. The summed E-state index contributed by atoms with van der Waals surface area (Å²) in [5.41, 5.74) is 3.45. The van der Waals surface area contributed by atoms with Crippen LogP contribution in [-0.4, -0.2) is 9.97 Å². The third-order valence-electron chi connectivity index (χ3n) is 2.75. The predicted molar refractivity (Wildman–Crippen MR) is 77.5 cm³/mol. The van der Waals surface area contributed by atoms with Crippen LogP contribution in [0.25, 0.3) is 10.9 Å². The molecule has 1 aromatic carbocycles. The number of nitrogens with zero attached hydrogens (tertiary/aromatic N) is 1. The van der Waals surface area contributed by atoms with Crippen LogP contribution in [0.4, 0.5) is 5.69 Å². The molecular formula is C13H12ClN3S. The molecule has 0 aliphatic carbocycles. The van der Waals surface area contributed by atoms with Gasteiger partial charge in [-0.1, -0.05) is 11.6 Å². The van der Waals surface area contributed by atoms with Crippen LogP contribution in [0.15, 0.2) is 30.5 Å². The van der Waals surface area contributed by atoms with Gasteiger partial charge in [-0.25, -0.2) is 4.98 Å². The molecule has 0 aliphatic rings. The van der Waals surface area contributed by atoms with Gasteiger partial charge in [0.05, 0.1) is 6.54 Å². The first-order valence-electron chi connectivity index (χ1n) is 5.64. The lowest BCUT2D eigenvalue weighted by molar-refractivity contribution is 1.18. The number of rotatable bonds is 3. The number of halogens is 1. The molecule has 3 nitrogen and oxygen atoms in total. The van der Waals surface area contributed by atoms with E-state index in [-0.39, 0.29) is 0 Å². The molecule has 0 atom stereocenters. The van der Waals surface area contributed by atoms with Gasteiger partial charge in [0.1, 0.15) is 0 Å². The van der Waals surface area contributed by atoms with Crippen LogP contribution in [0.2, 0.25) is 4.47 Å². The third kappa shape index (κ3) is 2.35. The summed E-state index contributed by atoms with van der Waals surface area (Å²) in [5, 5.41) is 4.60. The molecule has 0 saturated carbocycles. The van der Waals surface area contributed by atoms with E-state index in [0.29, 0.717) is 4.47 Å². The van der Waals surface area contributed by atoms with E-state index < -0.39 is 0 Å².